The van der Waals surface area contributed by atoms with Crippen molar-refractivity contribution in [2.75, 3.05) is 13.3 Å². The Hall–Kier alpha value is -3.33. The summed E-state index contributed by atoms with van der Waals surface area (Å²) in [6, 6.07) is 6.32. The lowest BCUT2D eigenvalue weighted by molar-refractivity contribution is -0.0172. The third-order valence-corrected chi connectivity index (χ3v) is 5.72. The lowest BCUT2D eigenvalue weighted by Crippen LogP contribution is -2.27. The maximum atomic E-state index is 13.9. The van der Waals surface area contributed by atoms with Crippen LogP contribution in [-0.4, -0.2) is 29.0 Å². The minimum atomic E-state index is -0.971. The molecule has 1 aliphatic heterocycles. The number of nitrogens with zero attached hydrogens (tertiary/aromatic N) is 2. The van der Waals surface area contributed by atoms with Crippen LogP contribution >= 0.6 is 0 Å². The third kappa shape index (κ3) is 3.73. The molecule has 1 aromatic heterocycles. The Kier molecular flexibility index (Phi) is 5.34. The SMILES string of the molecule is O=C(NCCc1cc(F)cc2c1OCOC2)c1nn(-c2ccc(F)c(F)c2)c2c1CCC2. The number of carbonyl (C=O) groups excluding carboxylic acids is 1. The zero-order chi connectivity index (χ0) is 22.2. The molecule has 0 fully saturated rings. The van der Waals surface area contributed by atoms with Crippen LogP contribution in [0.1, 0.15) is 39.3 Å². The number of benzene rings is 2. The zero-order valence-corrected chi connectivity index (χ0v) is 17.1. The summed E-state index contributed by atoms with van der Waals surface area (Å²) in [4.78, 5) is 12.9. The topological polar surface area (TPSA) is 65.4 Å². The number of nitrogens with one attached hydrogen (secondary N) is 1. The Morgan fingerprint density at radius 2 is 2.00 bits per heavy atom. The second-order valence-electron chi connectivity index (χ2n) is 7.81. The van der Waals surface area contributed by atoms with Gasteiger partial charge in [0.2, 0.25) is 0 Å². The molecule has 2 aromatic carbocycles. The first-order valence-electron chi connectivity index (χ1n) is 10.4. The van der Waals surface area contributed by atoms with E-state index in [2.05, 4.69) is 10.4 Å². The van der Waals surface area contributed by atoms with Crippen LogP contribution in [0.25, 0.3) is 5.69 Å². The second kappa shape index (κ2) is 8.31. The van der Waals surface area contributed by atoms with Gasteiger partial charge in [-0.2, -0.15) is 5.10 Å². The van der Waals surface area contributed by atoms with Crippen molar-refractivity contribution in [3.05, 3.63) is 75.9 Å². The minimum Gasteiger partial charge on any atom is -0.467 e. The summed E-state index contributed by atoms with van der Waals surface area (Å²) >= 11 is 0. The van der Waals surface area contributed by atoms with Crippen molar-refractivity contribution < 1.29 is 27.4 Å². The first-order chi connectivity index (χ1) is 15.5. The van der Waals surface area contributed by atoms with Gasteiger partial charge < -0.3 is 14.8 Å². The predicted octanol–water partition coefficient (Wildman–Crippen LogP) is 3.62. The molecule has 1 N–H and O–H groups in total. The predicted molar refractivity (Wildman–Crippen MR) is 108 cm³/mol. The van der Waals surface area contributed by atoms with Crippen molar-refractivity contribution >= 4 is 5.91 Å². The Balaban J connectivity index is 1.34. The molecular weight excluding hydrogens is 423 g/mol. The molecule has 0 saturated heterocycles. The summed E-state index contributed by atoms with van der Waals surface area (Å²) in [5.74, 6) is -2.07. The second-order valence-corrected chi connectivity index (χ2v) is 7.81. The van der Waals surface area contributed by atoms with Crippen molar-refractivity contribution in [3.8, 4) is 11.4 Å². The maximum Gasteiger partial charge on any atom is 0.272 e. The molecule has 0 radical (unpaired) electrons. The molecule has 9 heteroatoms. The quantitative estimate of drug-likeness (QED) is 0.654. The van der Waals surface area contributed by atoms with Crippen LogP contribution in [0.2, 0.25) is 0 Å². The standard InChI is InChI=1S/C23H20F3N3O3/c24-15-8-13(22-14(9-15)11-31-12-32-22)6-7-27-23(30)21-17-2-1-3-20(17)29(28-21)16-4-5-18(25)19(26)10-16/h4-5,8-10H,1-3,6-7,11-12H2,(H,27,30). The van der Waals surface area contributed by atoms with E-state index < -0.39 is 11.6 Å². The summed E-state index contributed by atoms with van der Waals surface area (Å²) in [6.07, 6.45) is 2.61. The smallest absolute Gasteiger partial charge is 0.272 e. The average Bonchev–Trinajstić information content (AvgIpc) is 3.38. The van der Waals surface area contributed by atoms with Gasteiger partial charge in [0.05, 0.1) is 12.3 Å². The molecule has 0 spiro atoms. The number of halogens is 3. The average molecular weight is 443 g/mol. The highest BCUT2D eigenvalue weighted by Crippen LogP contribution is 2.30. The normalized spacial score (nSPS) is 14.6. The monoisotopic (exact) mass is 443 g/mol. The van der Waals surface area contributed by atoms with Crippen LogP contribution in [0, 0.1) is 17.5 Å². The number of hydrogen-bond donors (Lipinski definition) is 1. The van der Waals surface area contributed by atoms with Crippen LogP contribution in [0.4, 0.5) is 13.2 Å². The zero-order valence-electron chi connectivity index (χ0n) is 17.1. The fourth-order valence-corrected chi connectivity index (χ4v) is 4.29. The molecule has 0 atom stereocenters. The number of amides is 1. The Labute approximate surface area is 181 Å². The summed E-state index contributed by atoms with van der Waals surface area (Å²) in [7, 11) is 0. The fraction of sp³-hybridized carbons (Fsp3) is 0.304. The van der Waals surface area contributed by atoms with E-state index in [-0.39, 0.29) is 37.4 Å². The fourth-order valence-electron chi connectivity index (χ4n) is 4.29. The lowest BCUT2D eigenvalue weighted by Gasteiger charge is -2.20. The van der Waals surface area contributed by atoms with Crippen molar-refractivity contribution in [1.29, 1.82) is 0 Å². The van der Waals surface area contributed by atoms with Crippen molar-refractivity contribution in [2.45, 2.75) is 32.3 Å². The molecule has 6 nitrogen and oxygen atoms in total. The van der Waals surface area contributed by atoms with Gasteiger partial charge in [-0.25, -0.2) is 17.9 Å². The number of carbonyl (C=O) groups is 1. The summed E-state index contributed by atoms with van der Waals surface area (Å²) in [5, 5.41) is 7.23. The maximum absolute atomic E-state index is 13.9. The molecule has 0 unspecified atom stereocenters. The largest absolute Gasteiger partial charge is 0.467 e. The molecule has 5 rings (SSSR count). The molecule has 1 aliphatic carbocycles. The summed E-state index contributed by atoms with van der Waals surface area (Å²) in [5.41, 5.74) is 3.58. The molecule has 166 valence electrons. The number of ether oxygens (including phenoxy) is 2. The highest BCUT2D eigenvalue weighted by atomic mass is 19.2. The van der Waals surface area contributed by atoms with E-state index in [1.54, 1.807) is 0 Å². The number of rotatable bonds is 5. The van der Waals surface area contributed by atoms with Crippen LogP contribution in [0.5, 0.6) is 5.75 Å². The lowest BCUT2D eigenvalue weighted by atomic mass is 10.1. The first-order valence-corrected chi connectivity index (χ1v) is 10.4. The van der Waals surface area contributed by atoms with Crippen LogP contribution < -0.4 is 10.1 Å². The van der Waals surface area contributed by atoms with E-state index in [0.717, 1.165) is 29.8 Å². The Bertz CT molecular complexity index is 1210. The highest BCUT2D eigenvalue weighted by Gasteiger charge is 2.27. The van der Waals surface area contributed by atoms with Gasteiger partial charge in [0.1, 0.15) is 11.6 Å². The van der Waals surface area contributed by atoms with Gasteiger partial charge in [-0.1, -0.05) is 0 Å². The van der Waals surface area contributed by atoms with Crippen LogP contribution in [0.15, 0.2) is 30.3 Å². The summed E-state index contributed by atoms with van der Waals surface area (Å²) in [6.45, 7) is 0.636. The van der Waals surface area contributed by atoms with Gasteiger partial charge in [0.15, 0.2) is 24.1 Å². The molecule has 0 bridgehead atoms. The van der Waals surface area contributed by atoms with E-state index >= 15 is 0 Å². The van der Waals surface area contributed by atoms with E-state index in [1.807, 2.05) is 0 Å². The number of aromatic nitrogens is 2. The summed E-state index contributed by atoms with van der Waals surface area (Å²) < 4.78 is 53.2. The van der Waals surface area contributed by atoms with Gasteiger partial charge in [0.25, 0.3) is 5.91 Å². The molecule has 1 amide bonds. The molecule has 2 aliphatic rings. The number of fused-ring (bicyclic) bond motifs is 2. The third-order valence-electron chi connectivity index (χ3n) is 5.72. The van der Waals surface area contributed by atoms with E-state index in [0.29, 0.717) is 41.8 Å². The van der Waals surface area contributed by atoms with Gasteiger partial charge in [0, 0.05) is 29.4 Å². The van der Waals surface area contributed by atoms with Gasteiger partial charge in [-0.15, -0.1) is 0 Å². The van der Waals surface area contributed by atoms with Gasteiger partial charge in [-0.05, 0) is 55.5 Å². The van der Waals surface area contributed by atoms with E-state index in [4.69, 9.17) is 9.47 Å². The van der Waals surface area contributed by atoms with E-state index in [9.17, 15) is 18.0 Å². The molecular formula is C23H20F3N3O3. The Morgan fingerprint density at radius 3 is 2.84 bits per heavy atom. The van der Waals surface area contributed by atoms with Crippen molar-refractivity contribution in [3.63, 3.8) is 0 Å². The molecule has 3 aromatic rings. The van der Waals surface area contributed by atoms with Crippen LogP contribution in [0.3, 0.4) is 0 Å². The van der Waals surface area contributed by atoms with Gasteiger partial charge >= 0.3 is 0 Å². The first kappa shape index (κ1) is 20.6. The molecule has 2 heterocycles. The van der Waals surface area contributed by atoms with Crippen molar-refractivity contribution in [2.24, 2.45) is 0 Å². The molecule has 0 saturated carbocycles. The molecule has 32 heavy (non-hydrogen) atoms. The van der Waals surface area contributed by atoms with Gasteiger partial charge in [-0.3, -0.25) is 4.79 Å². The van der Waals surface area contributed by atoms with E-state index in [1.165, 1.54) is 22.9 Å². The van der Waals surface area contributed by atoms with Crippen molar-refractivity contribution in [1.82, 2.24) is 15.1 Å². The highest BCUT2D eigenvalue weighted by molar-refractivity contribution is 5.94. The number of hydrogen-bond acceptors (Lipinski definition) is 4. The Morgan fingerprint density at radius 1 is 1.12 bits per heavy atom. The van der Waals surface area contributed by atoms with Crippen LogP contribution in [-0.2, 0) is 30.6 Å². The minimum absolute atomic E-state index is 0.103.